The van der Waals surface area contributed by atoms with E-state index in [1.807, 2.05) is 43.9 Å². The second-order valence-electron chi connectivity index (χ2n) is 9.53. The normalized spacial score (nSPS) is 15.1. The summed E-state index contributed by atoms with van der Waals surface area (Å²) < 4.78 is 11.7. The Morgan fingerprint density at radius 3 is 2.71 bits per heavy atom. The number of benzene rings is 2. The van der Waals surface area contributed by atoms with Gasteiger partial charge >= 0.3 is 0 Å². The number of nitrogens with zero attached hydrogens (tertiary/aromatic N) is 1. The van der Waals surface area contributed by atoms with Crippen LogP contribution in [-0.4, -0.2) is 29.8 Å². The van der Waals surface area contributed by atoms with Gasteiger partial charge in [0.1, 0.15) is 18.1 Å². The molecule has 2 aromatic carbocycles. The van der Waals surface area contributed by atoms with Crippen molar-refractivity contribution in [3.05, 3.63) is 88.4 Å². The fourth-order valence-corrected chi connectivity index (χ4v) is 4.47. The number of ether oxygens (including phenoxy) is 1. The molecule has 0 bridgehead atoms. The highest BCUT2D eigenvalue weighted by molar-refractivity contribution is 5.91. The van der Waals surface area contributed by atoms with Gasteiger partial charge in [0, 0.05) is 19.5 Å². The molecule has 0 saturated heterocycles. The molecule has 1 unspecified atom stereocenters. The number of carbonyl (C=O) groups excluding carboxylic acids is 2. The van der Waals surface area contributed by atoms with E-state index < -0.39 is 0 Å². The molecule has 1 N–H and O–H groups in total. The summed E-state index contributed by atoms with van der Waals surface area (Å²) in [5.41, 5.74) is 4.59. The van der Waals surface area contributed by atoms with Crippen molar-refractivity contribution in [3.63, 3.8) is 0 Å². The van der Waals surface area contributed by atoms with Crippen LogP contribution >= 0.6 is 0 Å². The van der Waals surface area contributed by atoms with Crippen molar-refractivity contribution < 1.29 is 18.7 Å². The van der Waals surface area contributed by atoms with Crippen LogP contribution in [-0.2, 0) is 17.8 Å². The van der Waals surface area contributed by atoms with E-state index in [2.05, 4.69) is 36.5 Å². The Balaban J connectivity index is 1.54. The first-order valence-electron chi connectivity index (χ1n) is 12.3. The molecule has 1 atom stereocenters. The Hall–Kier alpha value is -3.54. The van der Waals surface area contributed by atoms with Gasteiger partial charge in [-0.1, -0.05) is 56.7 Å². The predicted octanol–water partition coefficient (Wildman–Crippen LogP) is 5.44. The number of aryl methyl sites for hydroxylation is 1. The zero-order chi connectivity index (χ0) is 24.9. The quantitative estimate of drug-likeness (QED) is 0.472. The van der Waals surface area contributed by atoms with Crippen molar-refractivity contribution in [2.45, 2.75) is 53.2 Å². The van der Waals surface area contributed by atoms with E-state index in [-0.39, 0.29) is 30.2 Å². The lowest BCUT2D eigenvalue weighted by Gasteiger charge is -2.38. The molecular formula is C29H34N2O4. The monoisotopic (exact) mass is 474 g/mol. The number of nitrogens with one attached hydrogen (secondary N) is 1. The van der Waals surface area contributed by atoms with Crippen LogP contribution in [0.15, 0.2) is 59.0 Å². The number of furan rings is 1. The van der Waals surface area contributed by atoms with Gasteiger partial charge in [0.2, 0.25) is 5.91 Å². The van der Waals surface area contributed by atoms with Crippen molar-refractivity contribution in [3.8, 4) is 5.75 Å². The molecule has 6 heteroatoms. The summed E-state index contributed by atoms with van der Waals surface area (Å²) in [6.45, 7) is 9.57. The second kappa shape index (κ2) is 10.8. The maximum Gasteiger partial charge on any atom is 0.287 e. The minimum absolute atomic E-state index is 0.144. The standard InChI is InChI=1S/C29H34N2O4/c1-5-27(32)31-14-13-21-9-10-23(16-25(21)28(31)22-8-6-7-20(4)15-22)34-18-24-11-12-26(35-24)29(33)30-17-19(2)3/h6-12,15-16,19,28H,5,13-14,17-18H2,1-4H3,(H,30,33). The number of carbonyl (C=O) groups is 2. The lowest BCUT2D eigenvalue weighted by Crippen LogP contribution is -2.40. The van der Waals surface area contributed by atoms with Crippen LogP contribution < -0.4 is 10.1 Å². The van der Waals surface area contributed by atoms with Gasteiger partial charge in [-0.3, -0.25) is 9.59 Å². The Bertz CT molecular complexity index is 1200. The number of hydrogen-bond donors (Lipinski definition) is 1. The molecule has 1 aliphatic rings. The van der Waals surface area contributed by atoms with E-state index in [1.54, 1.807) is 12.1 Å². The SMILES string of the molecule is CCC(=O)N1CCc2ccc(OCc3ccc(C(=O)NCC(C)C)o3)cc2C1c1cccc(C)c1. The molecule has 6 nitrogen and oxygen atoms in total. The van der Waals surface area contributed by atoms with E-state index in [4.69, 9.17) is 9.15 Å². The molecule has 184 valence electrons. The van der Waals surface area contributed by atoms with E-state index >= 15 is 0 Å². The molecule has 1 aliphatic heterocycles. The Kier molecular flexibility index (Phi) is 7.59. The Morgan fingerprint density at radius 2 is 1.97 bits per heavy atom. The minimum atomic E-state index is -0.222. The van der Waals surface area contributed by atoms with Crippen LogP contribution in [0.4, 0.5) is 0 Å². The summed E-state index contributed by atoms with van der Waals surface area (Å²) in [6.07, 6.45) is 1.29. The molecule has 0 saturated carbocycles. The molecule has 4 rings (SSSR count). The summed E-state index contributed by atoms with van der Waals surface area (Å²) in [7, 11) is 0. The molecule has 3 aromatic rings. The lowest BCUT2D eigenvalue weighted by molar-refractivity contribution is -0.132. The third-order valence-corrected chi connectivity index (χ3v) is 6.26. The van der Waals surface area contributed by atoms with Gasteiger partial charge in [-0.25, -0.2) is 0 Å². The third-order valence-electron chi connectivity index (χ3n) is 6.26. The molecule has 0 aliphatic carbocycles. The van der Waals surface area contributed by atoms with Gasteiger partial charge in [0.25, 0.3) is 5.91 Å². The molecule has 0 radical (unpaired) electrons. The van der Waals surface area contributed by atoms with Crippen LogP contribution in [0.2, 0.25) is 0 Å². The number of fused-ring (bicyclic) bond motifs is 1. The van der Waals surface area contributed by atoms with Crippen molar-refractivity contribution in [2.24, 2.45) is 5.92 Å². The Labute approximate surface area is 207 Å². The summed E-state index contributed by atoms with van der Waals surface area (Å²) in [6, 6.07) is 17.7. The summed E-state index contributed by atoms with van der Waals surface area (Å²) >= 11 is 0. The molecule has 0 spiro atoms. The summed E-state index contributed by atoms with van der Waals surface area (Å²) in [5.74, 6) is 1.86. The highest BCUT2D eigenvalue weighted by atomic mass is 16.5. The molecule has 0 fully saturated rings. The largest absolute Gasteiger partial charge is 0.486 e. The van der Waals surface area contributed by atoms with Crippen molar-refractivity contribution in [1.29, 1.82) is 0 Å². The predicted molar refractivity (Wildman–Crippen MR) is 135 cm³/mol. The first kappa shape index (κ1) is 24.6. The van der Waals surface area contributed by atoms with Crippen molar-refractivity contribution in [1.82, 2.24) is 10.2 Å². The van der Waals surface area contributed by atoms with E-state index in [1.165, 1.54) is 5.56 Å². The van der Waals surface area contributed by atoms with Crippen molar-refractivity contribution in [2.75, 3.05) is 13.1 Å². The van der Waals surface area contributed by atoms with Gasteiger partial charge in [0.15, 0.2) is 5.76 Å². The summed E-state index contributed by atoms with van der Waals surface area (Å²) in [4.78, 5) is 27.0. The van der Waals surface area contributed by atoms with E-state index in [0.717, 1.165) is 23.1 Å². The molecule has 2 amide bonds. The third kappa shape index (κ3) is 5.76. The molecular weight excluding hydrogens is 440 g/mol. The first-order chi connectivity index (χ1) is 16.9. The van der Waals surface area contributed by atoms with Gasteiger partial charge in [-0.2, -0.15) is 0 Å². The van der Waals surface area contributed by atoms with Crippen LogP contribution in [0.1, 0.15) is 71.8 Å². The number of rotatable bonds is 8. The van der Waals surface area contributed by atoms with E-state index in [0.29, 0.717) is 36.9 Å². The van der Waals surface area contributed by atoms with Crippen molar-refractivity contribution >= 4 is 11.8 Å². The highest BCUT2D eigenvalue weighted by Gasteiger charge is 2.31. The lowest BCUT2D eigenvalue weighted by atomic mass is 9.87. The van der Waals surface area contributed by atoms with Gasteiger partial charge in [0.05, 0.1) is 6.04 Å². The van der Waals surface area contributed by atoms with E-state index in [9.17, 15) is 9.59 Å². The average molecular weight is 475 g/mol. The second-order valence-corrected chi connectivity index (χ2v) is 9.53. The molecule has 2 heterocycles. The average Bonchev–Trinajstić information content (AvgIpc) is 3.34. The zero-order valence-corrected chi connectivity index (χ0v) is 21.0. The zero-order valence-electron chi connectivity index (χ0n) is 21.0. The fourth-order valence-electron chi connectivity index (χ4n) is 4.47. The van der Waals surface area contributed by atoms with Crippen LogP contribution in [0, 0.1) is 12.8 Å². The minimum Gasteiger partial charge on any atom is -0.486 e. The maximum atomic E-state index is 12.8. The van der Waals surface area contributed by atoms with Crippen LogP contribution in [0.5, 0.6) is 5.75 Å². The number of amides is 2. The van der Waals surface area contributed by atoms with Gasteiger partial charge in [-0.15, -0.1) is 0 Å². The topological polar surface area (TPSA) is 71.8 Å². The maximum absolute atomic E-state index is 12.8. The fraction of sp³-hybridized carbons (Fsp3) is 0.379. The van der Waals surface area contributed by atoms with Crippen LogP contribution in [0.25, 0.3) is 0 Å². The summed E-state index contributed by atoms with van der Waals surface area (Å²) in [5, 5.41) is 2.86. The smallest absolute Gasteiger partial charge is 0.287 e. The first-order valence-corrected chi connectivity index (χ1v) is 12.3. The Morgan fingerprint density at radius 1 is 1.14 bits per heavy atom. The van der Waals surface area contributed by atoms with Gasteiger partial charge < -0.3 is 19.4 Å². The number of hydrogen-bond acceptors (Lipinski definition) is 4. The van der Waals surface area contributed by atoms with Gasteiger partial charge in [-0.05, 0) is 60.2 Å². The molecule has 35 heavy (non-hydrogen) atoms. The highest BCUT2D eigenvalue weighted by Crippen LogP contribution is 2.38. The molecule has 1 aromatic heterocycles. The van der Waals surface area contributed by atoms with Crippen LogP contribution in [0.3, 0.4) is 0 Å².